The van der Waals surface area contributed by atoms with Crippen LogP contribution in [0.4, 0.5) is 11.4 Å². The number of benzene rings is 3. The molecular weight excluding hydrogens is 496 g/mol. The minimum Gasteiger partial charge on any atom is -0.490 e. The summed E-state index contributed by atoms with van der Waals surface area (Å²) >= 11 is 6.00. The average molecular weight is 525 g/mol. The van der Waals surface area contributed by atoms with Gasteiger partial charge in [-0.15, -0.1) is 0 Å². The SMILES string of the molecule is CCOc1cc(C(=O)Nc2ccc3c(c2)N(Cc2ccc(Cl)cc2)C(=O)CO3)cc(OCC)c1OCC. The highest BCUT2D eigenvalue weighted by Crippen LogP contribution is 2.40. The second-order valence-corrected chi connectivity index (χ2v) is 8.57. The Labute approximate surface area is 221 Å². The van der Waals surface area contributed by atoms with Gasteiger partial charge in [-0.3, -0.25) is 9.59 Å². The van der Waals surface area contributed by atoms with Crippen LogP contribution in [0.25, 0.3) is 0 Å². The van der Waals surface area contributed by atoms with E-state index in [1.165, 1.54) is 0 Å². The molecule has 1 aliphatic rings. The zero-order chi connectivity index (χ0) is 26.4. The Hall–Kier alpha value is -3.91. The molecule has 0 saturated heterocycles. The molecule has 0 bridgehead atoms. The fourth-order valence-corrected chi connectivity index (χ4v) is 4.07. The van der Waals surface area contributed by atoms with Gasteiger partial charge in [-0.25, -0.2) is 0 Å². The maximum absolute atomic E-state index is 13.2. The van der Waals surface area contributed by atoms with Crippen LogP contribution in [0.5, 0.6) is 23.0 Å². The van der Waals surface area contributed by atoms with Crippen LogP contribution < -0.4 is 29.2 Å². The number of hydrogen-bond donors (Lipinski definition) is 1. The molecule has 0 fully saturated rings. The molecule has 4 rings (SSSR count). The van der Waals surface area contributed by atoms with Crippen molar-refractivity contribution in [2.75, 3.05) is 36.6 Å². The molecule has 0 aliphatic carbocycles. The predicted octanol–water partition coefficient (Wildman–Crippen LogP) is 5.71. The molecule has 3 aromatic carbocycles. The van der Waals surface area contributed by atoms with E-state index in [9.17, 15) is 9.59 Å². The number of hydrogen-bond acceptors (Lipinski definition) is 6. The Balaban J connectivity index is 1.61. The van der Waals surface area contributed by atoms with Crippen LogP contribution in [0.1, 0.15) is 36.7 Å². The van der Waals surface area contributed by atoms with Crippen molar-refractivity contribution in [2.45, 2.75) is 27.3 Å². The largest absolute Gasteiger partial charge is 0.490 e. The van der Waals surface area contributed by atoms with Crippen molar-refractivity contribution in [1.29, 1.82) is 0 Å². The molecule has 0 atom stereocenters. The number of carbonyl (C=O) groups is 2. The average Bonchev–Trinajstić information content (AvgIpc) is 2.89. The summed E-state index contributed by atoms with van der Waals surface area (Å²) in [4.78, 5) is 27.6. The first-order valence-corrected chi connectivity index (χ1v) is 12.5. The number of halogens is 1. The number of nitrogens with zero attached hydrogens (tertiary/aromatic N) is 1. The van der Waals surface area contributed by atoms with Crippen LogP contribution in [0.3, 0.4) is 0 Å². The second kappa shape index (κ2) is 11.9. The lowest BCUT2D eigenvalue weighted by Crippen LogP contribution is -2.38. The van der Waals surface area contributed by atoms with Crippen molar-refractivity contribution in [3.05, 3.63) is 70.7 Å². The fraction of sp³-hybridized carbons (Fsp3) is 0.286. The van der Waals surface area contributed by atoms with Gasteiger partial charge < -0.3 is 29.2 Å². The lowest BCUT2D eigenvalue weighted by molar-refractivity contribution is -0.121. The summed E-state index contributed by atoms with van der Waals surface area (Å²) in [5, 5.41) is 3.53. The zero-order valence-corrected chi connectivity index (χ0v) is 21.8. The maximum atomic E-state index is 13.2. The second-order valence-electron chi connectivity index (χ2n) is 8.13. The van der Waals surface area contributed by atoms with E-state index in [1.54, 1.807) is 47.4 Å². The minimum absolute atomic E-state index is 0.0567. The van der Waals surface area contributed by atoms with Gasteiger partial charge in [0, 0.05) is 16.3 Å². The summed E-state index contributed by atoms with van der Waals surface area (Å²) in [6, 6.07) is 15.8. The monoisotopic (exact) mass is 524 g/mol. The summed E-state index contributed by atoms with van der Waals surface area (Å²) in [5.41, 5.74) is 2.34. The Kier molecular flexibility index (Phi) is 8.40. The molecule has 0 spiro atoms. The topological polar surface area (TPSA) is 86.3 Å². The first-order valence-electron chi connectivity index (χ1n) is 12.1. The van der Waals surface area contributed by atoms with Crippen molar-refractivity contribution in [3.63, 3.8) is 0 Å². The van der Waals surface area contributed by atoms with Crippen LogP contribution in [0.15, 0.2) is 54.6 Å². The smallest absolute Gasteiger partial charge is 0.265 e. The standard InChI is InChI=1S/C28H29ClN2O6/c1-4-34-24-13-19(14-25(35-5-2)27(24)36-6-3)28(33)30-21-11-12-23-22(15-21)31(26(32)17-37-23)16-18-7-9-20(29)10-8-18/h7-15H,4-6,16-17H2,1-3H3,(H,30,33). The summed E-state index contributed by atoms with van der Waals surface area (Å²) in [7, 11) is 0. The Morgan fingerprint density at radius 2 is 1.59 bits per heavy atom. The molecule has 0 aromatic heterocycles. The van der Waals surface area contributed by atoms with Crippen molar-refractivity contribution in [2.24, 2.45) is 0 Å². The third-order valence-electron chi connectivity index (χ3n) is 5.59. The molecule has 3 aromatic rings. The van der Waals surface area contributed by atoms with E-state index >= 15 is 0 Å². The summed E-state index contributed by atoms with van der Waals surface area (Å²) in [6.45, 7) is 7.10. The number of amides is 2. The maximum Gasteiger partial charge on any atom is 0.265 e. The van der Waals surface area contributed by atoms with E-state index in [0.717, 1.165) is 5.56 Å². The molecule has 37 heavy (non-hydrogen) atoms. The molecule has 0 saturated carbocycles. The van der Waals surface area contributed by atoms with E-state index in [1.807, 2.05) is 32.9 Å². The zero-order valence-electron chi connectivity index (χ0n) is 21.0. The Morgan fingerprint density at radius 1 is 0.946 bits per heavy atom. The fourth-order valence-electron chi connectivity index (χ4n) is 3.95. The molecule has 0 unspecified atom stereocenters. The van der Waals surface area contributed by atoms with E-state index in [-0.39, 0.29) is 18.4 Å². The van der Waals surface area contributed by atoms with Crippen LogP contribution in [0.2, 0.25) is 5.02 Å². The molecule has 1 aliphatic heterocycles. The lowest BCUT2D eigenvalue weighted by Gasteiger charge is -2.30. The molecule has 9 heteroatoms. The summed E-state index contributed by atoms with van der Waals surface area (Å²) in [5.74, 6) is 1.34. The third kappa shape index (κ3) is 6.09. The van der Waals surface area contributed by atoms with Gasteiger partial charge in [-0.2, -0.15) is 0 Å². The van der Waals surface area contributed by atoms with E-state index in [2.05, 4.69) is 5.32 Å². The summed E-state index contributed by atoms with van der Waals surface area (Å²) in [6.07, 6.45) is 0. The van der Waals surface area contributed by atoms with Gasteiger partial charge >= 0.3 is 0 Å². The molecule has 0 radical (unpaired) electrons. The first-order chi connectivity index (χ1) is 17.9. The third-order valence-corrected chi connectivity index (χ3v) is 5.84. The lowest BCUT2D eigenvalue weighted by atomic mass is 10.1. The van der Waals surface area contributed by atoms with Crippen LogP contribution in [-0.4, -0.2) is 38.2 Å². The molecule has 1 N–H and O–H groups in total. The van der Waals surface area contributed by atoms with Crippen molar-refractivity contribution < 1.29 is 28.5 Å². The van der Waals surface area contributed by atoms with Crippen LogP contribution in [-0.2, 0) is 11.3 Å². The molecular formula is C28H29ClN2O6. The molecule has 194 valence electrons. The first kappa shape index (κ1) is 26.2. The Bertz CT molecular complexity index is 1250. The number of carbonyl (C=O) groups excluding carboxylic acids is 2. The van der Waals surface area contributed by atoms with Gasteiger partial charge in [0.25, 0.3) is 11.8 Å². The van der Waals surface area contributed by atoms with Crippen molar-refractivity contribution >= 4 is 34.8 Å². The predicted molar refractivity (Wildman–Crippen MR) is 142 cm³/mol. The normalized spacial score (nSPS) is 12.4. The van der Waals surface area contributed by atoms with Crippen molar-refractivity contribution in [3.8, 4) is 23.0 Å². The van der Waals surface area contributed by atoms with Gasteiger partial charge in [0.15, 0.2) is 18.1 Å². The quantitative estimate of drug-likeness (QED) is 0.365. The number of anilines is 2. The van der Waals surface area contributed by atoms with E-state index in [0.29, 0.717) is 71.3 Å². The van der Waals surface area contributed by atoms with Gasteiger partial charge in [0.1, 0.15) is 5.75 Å². The van der Waals surface area contributed by atoms with E-state index in [4.69, 9.17) is 30.5 Å². The highest BCUT2D eigenvalue weighted by Gasteiger charge is 2.26. The number of nitrogens with one attached hydrogen (secondary N) is 1. The van der Waals surface area contributed by atoms with Crippen LogP contribution in [0, 0.1) is 0 Å². The summed E-state index contributed by atoms with van der Waals surface area (Å²) < 4.78 is 22.8. The number of rotatable bonds is 10. The minimum atomic E-state index is -0.364. The van der Waals surface area contributed by atoms with Gasteiger partial charge in [0.05, 0.1) is 32.1 Å². The van der Waals surface area contributed by atoms with Gasteiger partial charge in [-0.1, -0.05) is 23.7 Å². The highest BCUT2D eigenvalue weighted by atomic mass is 35.5. The van der Waals surface area contributed by atoms with Gasteiger partial charge in [-0.05, 0) is 68.8 Å². The van der Waals surface area contributed by atoms with Crippen LogP contribution >= 0.6 is 11.6 Å². The highest BCUT2D eigenvalue weighted by molar-refractivity contribution is 6.30. The Morgan fingerprint density at radius 3 is 2.22 bits per heavy atom. The number of fused-ring (bicyclic) bond motifs is 1. The van der Waals surface area contributed by atoms with E-state index < -0.39 is 0 Å². The molecule has 1 heterocycles. The van der Waals surface area contributed by atoms with Crippen molar-refractivity contribution in [1.82, 2.24) is 0 Å². The molecule has 8 nitrogen and oxygen atoms in total. The molecule has 2 amide bonds. The van der Waals surface area contributed by atoms with Gasteiger partial charge in [0.2, 0.25) is 5.75 Å². The number of ether oxygens (including phenoxy) is 4.